The van der Waals surface area contributed by atoms with Gasteiger partial charge in [-0.05, 0) is 102 Å². The molecule has 22 N–H and O–H groups in total. The highest BCUT2D eigenvalue weighted by Crippen LogP contribution is 2.12. The minimum atomic E-state index is -1.66. The molecule has 1 aliphatic heterocycles. The van der Waals surface area contributed by atoms with Gasteiger partial charge in [0.1, 0.15) is 54.4 Å². The fourth-order valence-electron chi connectivity index (χ4n) is 8.06. The summed E-state index contributed by atoms with van der Waals surface area (Å²) in [4.78, 5) is 139. The van der Waals surface area contributed by atoms with E-state index in [4.69, 9.17) is 28.7 Å². The Morgan fingerprint density at radius 1 is 0.610 bits per heavy atom. The quantitative estimate of drug-likeness (QED) is 0.0485. The van der Waals surface area contributed by atoms with Crippen LogP contribution in [-0.4, -0.2) is 175 Å². The first kappa shape index (κ1) is 66.8. The molecular formula is C50H87N15O12. The maximum absolute atomic E-state index is 14.4. The van der Waals surface area contributed by atoms with Gasteiger partial charge in [0.15, 0.2) is 0 Å². The van der Waals surface area contributed by atoms with Crippen LogP contribution in [0, 0.1) is 11.8 Å². The SMILES string of the molecule is CC(C)C[C@@H]1NC(=O)[C@@H](Cc2ccccc2)NC(=O)[C@H](CCN)NC(=O)[C@@H](NC(=O)[C@H](CCN)NC(=O)[C@@H](NC(=O)CC[C@@H](N)C(C)C)C(C)O)CCNC(=O)C(C(C)O)NC(=O)[C@H](CCN)NC(=O)[C@H](CCN)NC1=O. The molecule has 3 unspecified atom stereocenters. The molecule has 2 rings (SSSR count). The van der Waals surface area contributed by atoms with Crippen molar-refractivity contribution in [3.8, 4) is 0 Å². The van der Waals surface area contributed by atoms with E-state index in [2.05, 4.69) is 53.2 Å². The first-order chi connectivity index (χ1) is 36.4. The van der Waals surface area contributed by atoms with Gasteiger partial charge in [-0.25, -0.2) is 0 Å². The zero-order chi connectivity index (χ0) is 57.9. The van der Waals surface area contributed by atoms with E-state index in [9.17, 15) is 58.2 Å². The average Bonchev–Trinajstić information content (AvgIpc) is 3.36. The predicted octanol–water partition coefficient (Wildman–Crippen LogP) is -5.92. The van der Waals surface area contributed by atoms with Gasteiger partial charge in [-0.1, -0.05) is 58.0 Å². The molecule has 0 aliphatic carbocycles. The Hall–Kier alpha value is -6.36. The van der Waals surface area contributed by atoms with Crippen LogP contribution in [0.5, 0.6) is 0 Å². The molecule has 0 saturated carbocycles. The molecule has 1 saturated heterocycles. The lowest BCUT2D eigenvalue weighted by Gasteiger charge is -2.28. The van der Waals surface area contributed by atoms with Gasteiger partial charge in [-0.15, -0.1) is 0 Å². The number of amides is 10. The second kappa shape index (κ2) is 34.4. The molecule has 434 valence electrons. The van der Waals surface area contributed by atoms with Crippen LogP contribution in [0.2, 0.25) is 0 Å². The summed E-state index contributed by atoms with van der Waals surface area (Å²) >= 11 is 0. The van der Waals surface area contributed by atoms with Crippen molar-refractivity contribution in [2.45, 2.75) is 172 Å². The Kier molecular flexibility index (Phi) is 29.8. The third-order valence-electron chi connectivity index (χ3n) is 12.7. The largest absolute Gasteiger partial charge is 0.391 e. The van der Waals surface area contributed by atoms with E-state index in [0.717, 1.165) is 0 Å². The zero-order valence-electron chi connectivity index (χ0n) is 45.2. The van der Waals surface area contributed by atoms with E-state index >= 15 is 0 Å². The third-order valence-corrected chi connectivity index (χ3v) is 12.7. The van der Waals surface area contributed by atoms with Gasteiger partial charge in [-0.2, -0.15) is 0 Å². The van der Waals surface area contributed by atoms with Gasteiger partial charge in [0, 0.05) is 25.4 Å². The lowest BCUT2D eigenvalue weighted by molar-refractivity contribution is -0.136. The summed E-state index contributed by atoms with van der Waals surface area (Å²) in [6.45, 7) is 8.79. The van der Waals surface area contributed by atoms with Crippen molar-refractivity contribution < 1.29 is 58.2 Å². The fraction of sp³-hybridized carbons (Fsp3) is 0.680. The number of hydrogen-bond donors (Lipinski definition) is 17. The summed E-state index contributed by atoms with van der Waals surface area (Å²) in [7, 11) is 0. The standard InChI is InChI=1S/C50H87N15O12/c1-26(2)24-37-47(74)59-32(14-19-51)42(69)58-35(17-22-54)46(73)65-40(28(5)66)49(76)56-23-18-36(45(72)57-33(15-20-52)44(71)63-38(48(75)62-37)25-30-10-8-7-9-11-30)60-43(70)34(16-21-53)61-50(77)41(29(6)67)64-39(68)13-12-31(55)27(3)4/h7-11,26-29,31-38,40-41,66-67H,12-25,51-55H2,1-6H3,(H,56,76)(H,57,72)(H,58,69)(H,59,74)(H,60,70)(H,61,77)(H,62,75)(H,63,71)(H,64,68)(H,65,73)/t28?,29?,31-,32+,33+,34+,35+,36+,37+,38-,40?,41+/m1/s1. The van der Waals surface area contributed by atoms with Gasteiger partial charge in [-0.3, -0.25) is 47.9 Å². The molecule has 77 heavy (non-hydrogen) atoms. The normalized spacial score (nSPS) is 23.8. The smallest absolute Gasteiger partial charge is 0.245 e. The van der Waals surface area contributed by atoms with E-state index in [1.165, 1.54) is 13.8 Å². The van der Waals surface area contributed by atoms with E-state index in [0.29, 0.717) is 5.56 Å². The number of aliphatic hydroxyl groups is 2. The van der Waals surface area contributed by atoms with Crippen molar-refractivity contribution >= 4 is 59.1 Å². The van der Waals surface area contributed by atoms with Gasteiger partial charge in [0.05, 0.1) is 12.2 Å². The Morgan fingerprint density at radius 3 is 1.60 bits per heavy atom. The highest BCUT2D eigenvalue weighted by molar-refractivity contribution is 5.99. The van der Waals surface area contributed by atoms with Gasteiger partial charge < -0.3 is 92.0 Å². The number of hydrogen-bond acceptors (Lipinski definition) is 17. The maximum Gasteiger partial charge on any atom is 0.245 e. The molecule has 1 heterocycles. The zero-order valence-corrected chi connectivity index (χ0v) is 45.2. The van der Waals surface area contributed by atoms with E-state index in [1.54, 1.807) is 44.2 Å². The van der Waals surface area contributed by atoms with Crippen LogP contribution in [0.3, 0.4) is 0 Å². The molecule has 0 bridgehead atoms. The maximum atomic E-state index is 14.4. The molecule has 1 aromatic rings. The Morgan fingerprint density at radius 2 is 1.10 bits per heavy atom. The fourth-order valence-corrected chi connectivity index (χ4v) is 8.06. The van der Waals surface area contributed by atoms with E-state index in [-0.39, 0.29) is 95.4 Å². The number of rotatable bonds is 23. The Bertz CT molecular complexity index is 2100. The van der Waals surface area contributed by atoms with E-state index < -0.39 is 139 Å². The van der Waals surface area contributed by atoms with Crippen molar-refractivity contribution in [1.29, 1.82) is 0 Å². The molecule has 27 heteroatoms. The highest BCUT2D eigenvalue weighted by Gasteiger charge is 2.37. The minimum Gasteiger partial charge on any atom is -0.391 e. The predicted molar refractivity (Wildman–Crippen MR) is 285 cm³/mol. The Labute approximate surface area is 450 Å². The number of carbonyl (C=O) groups is 10. The summed E-state index contributed by atoms with van der Waals surface area (Å²) < 4.78 is 0. The van der Waals surface area contributed by atoms with Crippen LogP contribution in [0.1, 0.15) is 98.5 Å². The number of nitrogens with one attached hydrogen (secondary N) is 10. The van der Waals surface area contributed by atoms with Crippen molar-refractivity contribution in [3.63, 3.8) is 0 Å². The monoisotopic (exact) mass is 1090 g/mol. The first-order valence-corrected chi connectivity index (χ1v) is 26.3. The number of aliphatic hydroxyl groups excluding tert-OH is 2. The number of benzene rings is 1. The molecule has 1 aliphatic rings. The topological polar surface area (TPSA) is 462 Å². The molecular weight excluding hydrogens is 1000 g/mol. The van der Waals surface area contributed by atoms with Crippen molar-refractivity contribution in [2.75, 3.05) is 32.7 Å². The van der Waals surface area contributed by atoms with Gasteiger partial charge in [0.2, 0.25) is 59.1 Å². The summed E-state index contributed by atoms with van der Waals surface area (Å²) in [5.74, 6) is -8.94. The number of nitrogens with two attached hydrogens (primary N) is 5. The van der Waals surface area contributed by atoms with Crippen molar-refractivity contribution in [3.05, 3.63) is 35.9 Å². The summed E-state index contributed by atoms with van der Waals surface area (Å²) in [6.07, 6.45) is -3.95. The lowest BCUT2D eigenvalue weighted by atomic mass is 10.00. The second-order valence-corrected chi connectivity index (χ2v) is 20.1. The van der Waals surface area contributed by atoms with Crippen molar-refractivity contribution in [1.82, 2.24) is 53.2 Å². The van der Waals surface area contributed by atoms with Crippen LogP contribution in [-0.2, 0) is 54.4 Å². The van der Waals surface area contributed by atoms with Crippen LogP contribution in [0.25, 0.3) is 0 Å². The lowest BCUT2D eigenvalue weighted by Crippen LogP contribution is -2.61. The molecule has 0 radical (unpaired) electrons. The van der Waals surface area contributed by atoms with Crippen LogP contribution in [0.15, 0.2) is 30.3 Å². The van der Waals surface area contributed by atoms with Gasteiger partial charge in [0.25, 0.3) is 0 Å². The van der Waals surface area contributed by atoms with Crippen LogP contribution < -0.4 is 81.8 Å². The molecule has 0 spiro atoms. The molecule has 12 atom stereocenters. The van der Waals surface area contributed by atoms with Crippen LogP contribution >= 0.6 is 0 Å². The van der Waals surface area contributed by atoms with Gasteiger partial charge >= 0.3 is 0 Å². The summed E-state index contributed by atoms with van der Waals surface area (Å²) in [6, 6.07) is -4.92. The molecule has 1 aromatic carbocycles. The van der Waals surface area contributed by atoms with Crippen molar-refractivity contribution in [2.24, 2.45) is 40.5 Å². The molecule has 27 nitrogen and oxygen atoms in total. The minimum absolute atomic E-state index is 0.0577. The molecule has 1 fully saturated rings. The molecule has 10 amide bonds. The molecule has 0 aromatic heterocycles. The third kappa shape index (κ3) is 23.4. The summed E-state index contributed by atoms with van der Waals surface area (Å²) in [5.41, 5.74) is 30.1. The van der Waals surface area contributed by atoms with E-state index in [1.807, 2.05) is 13.8 Å². The Balaban J connectivity index is 2.72. The summed E-state index contributed by atoms with van der Waals surface area (Å²) in [5, 5.41) is 46.8. The second-order valence-electron chi connectivity index (χ2n) is 20.1. The van der Waals surface area contributed by atoms with Crippen LogP contribution in [0.4, 0.5) is 0 Å². The first-order valence-electron chi connectivity index (χ1n) is 26.3. The highest BCUT2D eigenvalue weighted by atomic mass is 16.3. The number of carbonyl (C=O) groups excluding carboxylic acids is 10. The average molecular weight is 1090 g/mol.